The number of carbonyl (C=O) groups is 1. The molecular formula is C12H11BrN2O2. The monoisotopic (exact) mass is 294 g/mol. The van der Waals surface area contributed by atoms with Crippen molar-refractivity contribution >= 4 is 32.8 Å². The van der Waals surface area contributed by atoms with Crippen LogP contribution in [-0.4, -0.2) is 22.6 Å². The molecule has 0 aliphatic carbocycles. The highest BCUT2D eigenvalue weighted by molar-refractivity contribution is 9.10. The minimum absolute atomic E-state index is 0.264. The molecule has 0 saturated heterocycles. The zero-order chi connectivity index (χ0) is 12.4. The Morgan fingerprint density at radius 2 is 2.24 bits per heavy atom. The van der Waals surface area contributed by atoms with Crippen LogP contribution in [-0.2, 0) is 6.42 Å². The van der Waals surface area contributed by atoms with E-state index >= 15 is 0 Å². The molecule has 0 fully saturated rings. The Kier molecular flexibility index (Phi) is 3.40. The van der Waals surface area contributed by atoms with Crippen LogP contribution in [0.5, 0.6) is 0 Å². The Morgan fingerprint density at radius 3 is 2.88 bits per heavy atom. The van der Waals surface area contributed by atoms with Gasteiger partial charge in [-0.2, -0.15) is 0 Å². The Morgan fingerprint density at radius 1 is 1.47 bits per heavy atom. The lowest BCUT2D eigenvalue weighted by Crippen LogP contribution is -2.07. The summed E-state index contributed by atoms with van der Waals surface area (Å²) in [6.45, 7) is 0.446. The molecule has 0 spiro atoms. The van der Waals surface area contributed by atoms with Crippen molar-refractivity contribution in [3.63, 3.8) is 0 Å². The van der Waals surface area contributed by atoms with Gasteiger partial charge in [-0.25, -0.2) is 4.79 Å². The van der Waals surface area contributed by atoms with Crippen molar-refractivity contribution in [2.75, 3.05) is 6.54 Å². The number of hydrogen-bond acceptors (Lipinski definition) is 3. The van der Waals surface area contributed by atoms with Crippen LogP contribution in [0.1, 0.15) is 16.1 Å². The molecule has 5 heteroatoms. The molecule has 2 rings (SSSR count). The molecule has 17 heavy (non-hydrogen) atoms. The van der Waals surface area contributed by atoms with E-state index in [1.807, 2.05) is 6.07 Å². The average molecular weight is 295 g/mol. The number of carboxylic acid groups (broad SMARTS) is 1. The maximum Gasteiger partial charge on any atom is 0.336 e. The van der Waals surface area contributed by atoms with Gasteiger partial charge < -0.3 is 10.8 Å². The summed E-state index contributed by atoms with van der Waals surface area (Å²) in [6.07, 6.45) is 0.567. The molecule has 0 radical (unpaired) electrons. The number of pyridine rings is 1. The van der Waals surface area contributed by atoms with E-state index in [0.29, 0.717) is 29.6 Å². The highest BCUT2D eigenvalue weighted by atomic mass is 79.9. The normalized spacial score (nSPS) is 10.7. The van der Waals surface area contributed by atoms with Crippen molar-refractivity contribution in [1.82, 2.24) is 4.98 Å². The summed E-state index contributed by atoms with van der Waals surface area (Å²) in [7, 11) is 0. The lowest BCUT2D eigenvalue weighted by atomic mass is 10.1. The second-order valence-corrected chi connectivity index (χ2v) is 4.50. The van der Waals surface area contributed by atoms with Crippen molar-refractivity contribution in [3.05, 3.63) is 40.0 Å². The van der Waals surface area contributed by atoms with Crippen molar-refractivity contribution in [3.8, 4) is 0 Å². The van der Waals surface area contributed by atoms with E-state index in [0.717, 1.165) is 4.47 Å². The van der Waals surface area contributed by atoms with Crippen LogP contribution in [0, 0.1) is 0 Å². The minimum Gasteiger partial charge on any atom is -0.478 e. The summed E-state index contributed by atoms with van der Waals surface area (Å²) in [5, 5.41) is 9.82. The molecule has 1 heterocycles. The van der Waals surface area contributed by atoms with E-state index in [4.69, 9.17) is 5.73 Å². The van der Waals surface area contributed by atoms with E-state index in [-0.39, 0.29) is 5.56 Å². The maximum absolute atomic E-state index is 11.2. The van der Waals surface area contributed by atoms with Gasteiger partial charge in [0.2, 0.25) is 0 Å². The summed E-state index contributed by atoms with van der Waals surface area (Å²) >= 11 is 3.38. The minimum atomic E-state index is -0.950. The Bertz CT molecular complexity index is 584. The second-order valence-electron chi connectivity index (χ2n) is 3.64. The molecule has 0 amide bonds. The molecule has 0 saturated carbocycles. The highest BCUT2D eigenvalue weighted by Crippen LogP contribution is 2.25. The van der Waals surface area contributed by atoms with E-state index in [1.54, 1.807) is 18.2 Å². The summed E-state index contributed by atoms with van der Waals surface area (Å²) in [4.78, 5) is 15.6. The number of nitrogens with zero attached hydrogens (tertiary/aromatic N) is 1. The number of rotatable bonds is 3. The first-order valence-electron chi connectivity index (χ1n) is 5.15. The van der Waals surface area contributed by atoms with Gasteiger partial charge in [-0.1, -0.05) is 12.1 Å². The summed E-state index contributed by atoms with van der Waals surface area (Å²) in [6, 6.07) is 6.98. The number of nitrogens with two attached hydrogens (primary N) is 1. The predicted molar refractivity (Wildman–Crippen MR) is 69.2 cm³/mol. The first-order valence-corrected chi connectivity index (χ1v) is 5.94. The van der Waals surface area contributed by atoms with Gasteiger partial charge in [-0.15, -0.1) is 0 Å². The topological polar surface area (TPSA) is 76.2 Å². The molecule has 0 unspecified atom stereocenters. The molecule has 0 aliphatic rings. The molecular weight excluding hydrogens is 284 g/mol. The number of fused-ring (bicyclic) bond motifs is 1. The van der Waals surface area contributed by atoms with Crippen LogP contribution in [0.15, 0.2) is 28.7 Å². The number of hydrogen-bond donors (Lipinski definition) is 2. The standard InChI is InChI=1S/C12H11BrN2O2/c13-10-3-1-2-8-9(12(16)17)6-7(4-5-14)15-11(8)10/h1-3,6H,4-5,14H2,(H,16,17). The molecule has 1 aromatic heterocycles. The smallest absolute Gasteiger partial charge is 0.336 e. The molecule has 0 aliphatic heterocycles. The van der Waals surface area contributed by atoms with Gasteiger partial charge in [0.25, 0.3) is 0 Å². The number of halogens is 1. The number of benzene rings is 1. The van der Waals surface area contributed by atoms with E-state index < -0.39 is 5.97 Å². The van der Waals surface area contributed by atoms with Gasteiger partial charge >= 0.3 is 5.97 Å². The third-order valence-corrected chi connectivity index (χ3v) is 3.11. The SMILES string of the molecule is NCCc1cc(C(=O)O)c2cccc(Br)c2n1. The molecule has 0 bridgehead atoms. The number of aromatic nitrogens is 1. The summed E-state index contributed by atoms with van der Waals surface area (Å²) in [5.41, 5.74) is 7.09. The number of para-hydroxylation sites is 1. The van der Waals surface area contributed by atoms with Crippen molar-refractivity contribution < 1.29 is 9.90 Å². The molecule has 4 nitrogen and oxygen atoms in total. The third kappa shape index (κ3) is 2.30. The van der Waals surface area contributed by atoms with Gasteiger partial charge in [0, 0.05) is 22.0 Å². The lowest BCUT2D eigenvalue weighted by molar-refractivity contribution is 0.0699. The first kappa shape index (κ1) is 12.0. The maximum atomic E-state index is 11.2. The summed E-state index contributed by atoms with van der Waals surface area (Å²) < 4.78 is 0.788. The number of aromatic carboxylic acids is 1. The van der Waals surface area contributed by atoms with Crippen LogP contribution >= 0.6 is 15.9 Å². The van der Waals surface area contributed by atoms with Gasteiger partial charge in [0.15, 0.2) is 0 Å². The van der Waals surface area contributed by atoms with Crippen molar-refractivity contribution in [1.29, 1.82) is 0 Å². The van der Waals surface area contributed by atoms with Crippen LogP contribution in [0.25, 0.3) is 10.9 Å². The quantitative estimate of drug-likeness (QED) is 0.910. The highest BCUT2D eigenvalue weighted by Gasteiger charge is 2.12. The fourth-order valence-electron chi connectivity index (χ4n) is 1.72. The first-order chi connectivity index (χ1) is 8.13. The lowest BCUT2D eigenvalue weighted by Gasteiger charge is -2.07. The molecule has 3 N–H and O–H groups in total. The second kappa shape index (κ2) is 4.81. The van der Waals surface area contributed by atoms with Crippen molar-refractivity contribution in [2.24, 2.45) is 5.73 Å². The van der Waals surface area contributed by atoms with Gasteiger partial charge in [-0.3, -0.25) is 4.98 Å². The van der Waals surface area contributed by atoms with Crippen LogP contribution in [0.4, 0.5) is 0 Å². The molecule has 0 atom stereocenters. The Hall–Kier alpha value is -1.46. The molecule has 1 aromatic carbocycles. The third-order valence-electron chi connectivity index (χ3n) is 2.47. The van der Waals surface area contributed by atoms with Crippen LogP contribution < -0.4 is 5.73 Å². The largest absolute Gasteiger partial charge is 0.478 e. The summed E-state index contributed by atoms with van der Waals surface area (Å²) in [5.74, 6) is -0.950. The van der Waals surface area contributed by atoms with Gasteiger partial charge in [-0.05, 0) is 34.6 Å². The van der Waals surface area contributed by atoms with Gasteiger partial charge in [0.1, 0.15) is 0 Å². The van der Waals surface area contributed by atoms with Crippen molar-refractivity contribution in [2.45, 2.75) is 6.42 Å². The molecule has 88 valence electrons. The van der Waals surface area contributed by atoms with Gasteiger partial charge in [0.05, 0.1) is 11.1 Å². The zero-order valence-corrected chi connectivity index (χ0v) is 10.6. The predicted octanol–water partition coefficient (Wildman–Crippen LogP) is 2.20. The fourth-order valence-corrected chi connectivity index (χ4v) is 2.17. The van der Waals surface area contributed by atoms with E-state index in [2.05, 4.69) is 20.9 Å². The van der Waals surface area contributed by atoms with E-state index in [9.17, 15) is 9.90 Å². The Balaban J connectivity index is 2.76. The van der Waals surface area contributed by atoms with Crippen LogP contribution in [0.3, 0.4) is 0 Å². The molecule has 2 aromatic rings. The zero-order valence-electron chi connectivity index (χ0n) is 8.98. The van der Waals surface area contributed by atoms with E-state index in [1.165, 1.54) is 0 Å². The average Bonchev–Trinajstić information content (AvgIpc) is 2.29. The van der Waals surface area contributed by atoms with Crippen LogP contribution in [0.2, 0.25) is 0 Å². The number of carboxylic acids is 1. The fraction of sp³-hybridized carbons (Fsp3) is 0.167. The Labute approximate surface area is 107 Å².